The molecule has 2 aromatic carbocycles. The van der Waals surface area contributed by atoms with Gasteiger partial charge < -0.3 is 15.5 Å². The maximum atomic E-state index is 13.4. The molecule has 0 heterocycles. The van der Waals surface area contributed by atoms with E-state index in [0.717, 1.165) is 18.2 Å². The molecule has 0 radical (unpaired) electrons. The van der Waals surface area contributed by atoms with Crippen molar-refractivity contribution < 1.29 is 23.8 Å². The van der Waals surface area contributed by atoms with Crippen molar-refractivity contribution in [2.24, 2.45) is 0 Å². The highest BCUT2D eigenvalue weighted by atomic mass is 19.2. The normalized spacial score (nSPS) is 10.2. The zero-order chi connectivity index (χ0) is 14.0. The van der Waals surface area contributed by atoms with Gasteiger partial charge in [0.05, 0.1) is 11.3 Å². The van der Waals surface area contributed by atoms with Gasteiger partial charge in [0.2, 0.25) is 0 Å². The number of amides is 1. The smallest absolute Gasteiger partial charge is 0.259 e. The van der Waals surface area contributed by atoms with E-state index in [2.05, 4.69) is 5.32 Å². The Morgan fingerprint density at radius 2 is 1.84 bits per heavy atom. The van der Waals surface area contributed by atoms with Crippen LogP contribution in [0.3, 0.4) is 0 Å². The van der Waals surface area contributed by atoms with Gasteiger partial charge in [0.15, 0.2) is 11.6 Å². The Kier molecular flexibility index (Phi) is 3.33. The van der Waals surface area contributed by atoms with Crippen LogP contribution in [0.5, 0.6) is 11.5 Å². The predicted octanol–water partition coefficient (Wildman–Crippen LogP) is 2.63. The molecule has 0 atom stereocenters. The maximum Gasteiger partial charge on any atom is 0.259 e. The number of phenols is 2. The highest BCUT2D eigenvalue weighted by Gasteiger charge is 2.15. The zero-order valence-electron chi connectivity index (χ0n) is 9.52. The molecule has 0 spiro atoms. The Morgan fingerprint density at radius 1 is 1.11 bits per heavy atom. The third-order valence-corrected chi connectivity index (χ3v) is 2.42. The van der Waals surface area contributed by atoms with Crippen molar-refractivity contribution in [2.75, 3.05) is 5.32 Å². The van der Waals surface area contributed by atoms with Crippen molar-refractivity contribution in [1.29, 1.82) is 0 Å². The largest absolute Gasteiger partial charge is 0.508 e. The first kappa shape index (κ1) is 12.8. The van der Waals surface area contributed by atoms with Gasteiger partial charge in [0, 0.05) is 0 Å². The third-order valence-electron chi connectivity index (χ3n) is 2.42. The van der Waals surface area contributed by atoms with Gasteiger partial charge >= 0.3 is 0 Å². The van der Waals surface area contributed by atoms with Crippen molar-refractivity contribution in [1.82, 2.24) is 0 Å². The van der Waals surface area contributed by atoms with E-state index in [9.17, 15) is 23.8 Å². The summed E-state index contributed by atoms with van der Waals surface area (Å²) in [5.74, 6) is -3.78. The Balaban J connectivity index is 2.31. The lowest BCUT2D eigenvalue weighted by molar-refractivity contribution is 0.102. The highest BCUT2D eigenvalue weighted by molar-refractivity contribution is 6.06. The van der Waals surface area contributed by atoms with Gasteiger partial charge in [0.1, 0.15) is 11.5 Å². The minimum Gasteiger partial charge on any atom is -0.508 e. The molecule has 4 nitrogen and oxygen atoms in total. The van der Waals surface area contributed by atoms with E-state index in [4.69, 9.17) is 0 Å². The third kappa shape index (κ3) is 2.62. The van der Waals surface area contributed by atoms with E-state index in [1.165, 1.54) is 18.2 Å². The molecule has 2 rings (SSSR count). The molecule has 3 N–H and O–H groups in total. The number of rotatable bonds is 2. The van der Waals surface area contributed by atoms with Crippen molar-refractivity contribution in [3.8, 4) is 11.5 Å². The zero-order valence-corrected chi connectivity index (χ0v) is 9.52. The summed E-state index contributed by atoms with van der Waals surface area (Å²) in [6.45, 7) is 0. The fraction of sp³-hybridized carbons (Fsp3) is 0. The summed E-state index contributed by atoms with van der Waals surface area (Å²) in [4.78, 5) is 11.8. The Hall–Kier alpha value is -2.63. The van der Waals surface area contributed by atoms with Crippen LogP contribution in [0.15, 0.2) is 36.4 Å². The molecule has 0 unspecified atom stereocenters. The van der Waals surface area contributed by atoms with Crippen LogP contribution in [0.1, 0.15) is 10.4 Å². The first-order valence-electron chi connectivity index (χ1n) is 5.26. The minimum absolute atomic E-state index is 0.234. The lowest BCUT2D eigenvalue weighted by atomic mass is 10.1. The molecule has 0 aromatic heterocycles. The van der Waals surface area contributed by atoms with Crippen LogP contribution in [0.4, 0.5) is 14.5 Å². The summed E-state index contributed by atoms with van der Waals surface area (Å²) in [5.41, 5.74) is -0.601. The average molecular weight is 265 g/mol. The van der Waals surface area contributed by atoms with E-state index in [1.54, 1.807) is 0 Å². The van der Waals surface area contributed by atoms with Crippen molar-refractivity contribution in [2.45, 2.75) is 0 Å². The second kappa shape index (κ2) is 4.93. The van der Waals surface area contributed by atoms with Crippen molar-refractivity contribution in [3.05, 3.63) is 53.6 Å². The van der Waals surface area contributed by atoms with Gasteiger partial charge in [-0.1, -0.05) is 6.07 Å². The first-order chi connectivity index (χ1) is 8.99. The summed E-state index contributed by atoms with van der Waals surface area (Å²) in [7, 11) is 0. The molecule has 1 amide bonds. The minimum atomic E-state index is -1.20. The summed E-state index contributed by atoms with van der Waals surface area (Å²) >= 11 is 0. The molecule has 0 aliphatic rings. The number of nitrogens with one attached hydrogen (secondary N) is 1. The molecule has 2 aromatic rings. The quantitative estimate of drug-likeness (QED) is 0.731. The highest BCUT2D eigenvalue weighted by Crippen LogP contribution is 2.24. The first-order valence-corrected chi connectivity index (χ1v) is 5.26. The molecule has 0 bridgehead atoms. The second-order valence-corrected chi connectivity index (χ2v) is 3.76. The molecule has 6 heteroatoms. The number of hydrogen-bond donors (Lipinski definition) is 3. The van der Waals surface area contributed by atoms with Gasteiger partial charge in [-0.05, 0) is 30.3 Å². The Labute approximate surface area is 106 Å². The van der Waals surface area contributed by atoms with Crippen molar-refractivity contribution in [3.63, 3.8) is 0 Å². The number of benzene rings is 2. The van der Waals surface area contributed by atoms with Gasteiger partial charge in [0.25, 0.3) is 5.91 Å². The van der Waals surface area contributed by atoms with Gasteiger partial charge in [-0.15, -0.1) is 0 Å². The molecule has 98 valence electrons. The van der Waals surface area contributed by atoms with Crippen molar-refractivity contribution >= 4 is 11.6 Å². The number of phenolic OH excluding ortho intramolecular Hbond substituents is 2. The maximum absolute atomic E-state index is 13.4. The van der Waals surface area contributed by atoms with Crippen LogP contribution in [0.25, 0.3) is 0 Å². The lowest BCUT2D eigenvalue weighted by Gasteiger charge is -2.08. The Morgan fingerprint density at radius 3 is 2.58 bits per heavy atom. The predicted molar refractivity (Wildman–Crippen MR) is 64.1 cm³/mol. The number of carbonyl (C=O) groups excluding carboxylic acids is 1. The molecule has 0 aliphatic carbocycles. The van der Waals surface area contributed by atoms with Gasteiger partial charge in [-0.25, -0.2) is 8.78 Å². The number of carbonyl (C=O) groups is 1. The monoisotopic (exact) mass is 265 g/mol. The molecule has 0 fully saturated rings. The molecular weight excluding hydrogens is 256 g/mol. The number of aromatic hydroxyl groups is 2. The Bertz CT molecular complexity index is 644. The fourth-order valence-electron chi connectivity index (χ4n) is 1.50. The summed E-state index contributed by atoms with van der Waals surface area (Å²) in [6.07, 6.45) is 0. The van der Waals surface area contributed by atoms with E-state index >= 15 is 0 Å². The lowest BCUT2D eigenvalue weighted by Crippen LogP contribution is -2.13. The molecule has 0 saturated carbocycles. The topological polar surface area (TPSA) is 69.6 Å². The number of halogens is 2. The van der Waals surface area contributed by atoms with Crippen LogP contribution in [-0.2, 0) is 0 Å². The number of hydrogen-bond acceptors (Lipinski definition) is 3. The standard InChI is InChI=1S/C13H9F2NO3/c14-9-2-1-3-10(12(9)15)16-13(19)8-6-7(17)4-5-11(8)18/h1-6,17-18H,(H,16,19). The SMILES string of the molecule is O=C(Nc1cccc(F)c1F)c1cc(O)ccc1O. The number of anilines is 1. The van der Waals surface area contributed by atoms with Crippen LogP contribution < -0.4 is 5.32 Å². The van der Waals surface area contributed by atoms with Gasteiger partial charge in [-0.3, -0.25) is 4.79 Å². The summed E-state index contributed by atoms with van der Waals surface area (Å²) in [5, 5.41) is 20.8. The van der Waals surface area contributed by atoms with E-state index in [0.29, 0.717) is 0 Å². The van der Waals surface area contributed by atoms with E-state index < -0.39 is 17.5 Å². The molecular formula is C13H9F2NO3. The fourth-order valence-corrected chi connectivity index (χ4v) is 1.50. The van der Waals surface area contributed by atoms with Crippen LogP contribution in [-0.4, -0.2) is 16.1 Å². The van der Waals surface area contributed by atoms with E-state index in [-0.39, 0.29) is 22.7 Å². The molecule has 0 saturated heterocycles. The van der Waals surface area contributed by atoms with Gasteiger partial charge in [-0.2, -0.15) is 0 Å². The molecule has 0 aliphatic heterocycles. The summed E-state index contributed by atoms with van der Waals surface area (Å²) in [6, 6.07) is 6.65. The van der Waals surface area contributed by atoms with E-state index in [1.807, 2.05) is 0 Å². The average Bonchev–Trinajstić information content (AvgIpc) is 2.38. The molecule has 19 heavy (non-hydrogen) atoms. The summed E-state index contributed by atoms with van der Waals surface area (Å²) < 4.78 is 26.3. The van der Waals surface area contributed by atoms with Crippen LogP contribution in [0, 0.1) is 11.6 Å². The van der Waals surface area contributed by atoms with Crippen LogP contribution >= 0.6 is 0 Å². The van der Waals surface area contributed by atoms with Crippen LogP contribution in [0.2, 0.25) is 0 Å². The second-order valence-electron chi connectivity index (χ2n) is 3.76.